The van der Waals surface area contributed by atoms with E-state index in [1.807, 2.05) is 48.8 Å². The molecule has 0 radical (unpaired) electrons. The molecule has 0 saturated heterocycles. The summed E-state index contributed by atoms with van der Waals surface area (Å²) >= 11 is 0. The summed E-state index contributed by atoms with van der Waals surface area (Å²) in [6, 6.07) is 11.9. The molecular formula is C20H24IN5O. The van der Waals surface area contributed by atoms with Crippen LogP contribution in [0.25, 0.3) is 11.5 Å². The second kappa shape index (κ2) is 10.7. The number of halogens is 1. The molecular weight excluding hydrogens is 453 g/mol. The number of pyridine rings is 1. The molecule has 0 aliphatic heterocycles. The fourth-order valence-electron chi connectivity index (χ4n) is 2.59. The molecule has 0 amide bonds. The topological polar surface area (TPSA) is 75.3 Å². The number of aromatic nitrogens is 2. The minimum absolute atomic E-state index is 0. The highest BCUT2D eigenvalue weighted by atomic mass is 127. The number of benzene rings is 1. The van der Waals surface area contributed by atoms with Crippen LogP contribution in [0.15, 0.2) is 64.5 Å². The van der Waals surface area contributed by atoms with Gasteiger partial charge in [-0.1, -0.05) is 18.2 Å². The summed E-state index contributed by atoms with van der Waals surface area (Å²) in [6.07, 6.45) is 6.29. The van der Waals surface area contributed by atoms with E-state index in [0.29, 0.717) is 12.4 Å². The first-order valence-electron chi connectivity index (χ1n) is 8.60. The van der Waals surface area contributed by atoms with E-state index in [0.717, 1.165) is 30.2 Å². The van der Waals surface area contributed by atoms with Gasteiger partial charge in [-0.3, -0.25) is 9.98 Å². The lowest BCUT2D eigenvalue weighted by atomic mass is 10.1. The van der Waals surface area contributed by atoms with Gasteiger partial charge in [0.25, 0.3) is 0 Å². The van der Waals surface area contributed by atoms with Crippen molar-refractivity contribution in [3.63, 3.8) is 0 Å². The van der Waals surface area contributed by atoms with Crippen molar-refractivity contribution in [2.45, 2.75) is 19.9 Å². The zero-order chi connectivity index (χ0) is 18.2. The molecule has 3 aromatic rings. The van der Waals surface area contributed by atoms with Crippen LogP contribution in [0.4, 0.5) is 0 Å². The van der Waals surface area contributed by atoms with Crippen molar-refractivity contribution in [1.29, 1.82) is 0 Å². The monoisotopic (exact) mass is 477 g/mol. The van der Waals surface area contributed by atoms with Crippen LogP contribution in [0.5, 0.6) is 0 Å². The first kappa shape index (κ1) is 20.9. The number of nitrogens with zero attached hydrogens (tertiary/aromatic N) is 3. The fourth-order valence-corrected chi connectivity index (χ4v) is 2.59. The molecule has 3 rings (SSSR count). The average Bonchev–Trinajstić information content (AvgIpc) is 3.16. The Bertz CT molecular complexity index is 864. The van der Waals surface area contributed by atoms with Crippen molar-refractivity contribution in [3.05, 3.63) is 71.9 Å². The van der Waals surface area contributed by atoms with Crippen LogP contribution in [0, 0.1) is 6.92 Å². The van der Waals surface area contributed by atoms with E-state index in [1.54, 1.807) is 13.3 Å². The molecule has 0 bridgehead atoms. The molecule has 1 aromatic carbocycles. The van der Waals surface area contributed by atoms with Gasteiger partial charge in [0.2, 0.25) is 5.89 Å². The normalized spacial score (nSPS) is 11.0. The molecule has 0 atom stereocenters. The first-order valence-corrected chi connectivity index (χ1v) is 8.60. The van der Waals surface area contributed by atoms with Gasteiger partial charge in [0.1, 0.15) is 6.26 Å². The molecule has 2 aromatic heterocycles. The van der Waals surface area contributed by atoms with Crippen LogP contribution < -0.4 is 10.6 Å². The van der Waals surface area contributed by atoms with Crippen molar-refractivity contribution < 1.29 is 4.42 Å². The predicted octanol–water partition coefficient (Wildman–Crippen LogP) is 3.57. The molecule has 2 heterocycles. The number of rotatable bonds is 6. The number of nitrogens with one attached hydrogen (secondary N) is 2. The Morgan fingerprint density at radius 1 is 1.15 bits per heavy atom. The van der Waals surface area contributed by atoms with E-state index in [1.165, 1.54) is 11.1 Å². The molecule has 0 spiro atoms. The second-order valence-electron chi connectivity index (χ2n) is 5.91. The largest absolute Gasteiger partial charge is 0.444 e. The fraction of sp³-hybridized carbons (Fsp3) is 0.250. The number of guanidine groups is 1. The average molecular weight is 477 g/mol. The number of hydrogen-bond acceptors (Lipinski definition) is 4. The quantitative estimate of drug-likeness (QED) is 0.323. The zero-order valence-corrected chi connectivity index (χ0v) is 17.8. The smallest absolute Gasteiger partial charge is 0.226 e. The molecule has 142 valence electrons. The van der Waals surface area contributed by atoms with E-state index < -0.39 is 0 Å². The van der Waals surface area contributed by atoms with E-state index in [2.05, 4.69) is 32.5 Å². The number of aryl methyl sites for hydroxylation is 1. The number of hydrogen-bond donors (Lipinski definition) is 2. The van der Waals surface area contributed by atoms with Crippen molar-refractivity contribution in [1.82, 2.24) is 20.6 Å². The number of oxazole rings is 1. The molecule has 0 aliphatic rings. The van der Waals surface area contributed by atoms with E-state index >= 15 is 0 Å². The van der Waals surface area contributed by atoms with Crippen LogP contribution in [-0.4, -0.2) is 29.5 Å². The molecule has 0 saturated carbocycles. The Labute approximate surface area is 176 Å². The van der Waals surface area contributed by atoms with Gasteiger partial charge in [0.15, 0.2) is 5.96 Å². The third-order valence-electron chi connectivity index (χ3n) is 4.06. The molecule has 6 nitrogen and oxygen atoms in total. The highest BCUT2D eigenvalue weighted by Crippen LogP contribution is 2.17. The summed E-state index contributed by atoms with van der Waals surface area (Å²) in [5.41, 5.74) is 4.28. The molecule has 0 fully saturated rings. The Kier molecular flexibility index (Phi) is 8.25. The standard InChI is InChI=1S/C20H23N5O.HI/c1-15-12-22-10-8-16(15)9-11-23-20(21-2)24-13-18-14-26-19(25-18)17-6-4-3-5-7-17;/h3-8,10,12,14H,9,11,13H2,1-2H3,(H2,21,23,24);1H. The van der Waals surface area contributed by atoms with Crippen LogP contribution in [0.1, 0.15) is 16.8 Å². The maximum atomic E-state index is 5.55. The third kappa shape index (κ3) is 6.06. The summed E-state index contributed by atoms with van der Waals surface area (Å²) < 4.78 is 5.55. The van der Waals surface area contributed by atoms with Crippen molar-refractivity contribution in [2.75, 3.05) is 13.6 Å². The first-order chi connectivity index (χ1) is 12.8. The van der Waals surface area contributed by atoms with Gasteiger partial charge in [0.05, 0.1) is 12.2 Å². The van der Waals surface area contributed by atoms with Crippen molar-refractivity contribution in [3.8, 4) is 11.5 Å². The predicted molar refractivity (Wildman–Crippen MR) is 118 cm³/mol. The van der Waals surface area contributed by atoms with Gasteiger partial charge >= 0.3 is 0 Å². The summed E-state index contributed by atoms with van der Waals surface area (Å²) in [5, 5.41) is 6.57. The van der Waals surface area contributed by atoms with Crippen molar-refractivity contribution >= 4 is 29.9 Å². The lowest BCUT2D eigenvalue weighted by Crippen LogP contribution is -2.38. The van der Waals surface area contributed by atoms with Gasteiger partial charge in [-0.05, 0) is 42.7 Å². The second-order valence-corrected chi connectivity index (χ2v) is 5.91. The zero-order valence-electron chi connectivity index (χ0n) is 15.5. The Morgan fingerprint density at radius 3 is 2.70 bits per heavy atom. The van der Waals surface area contributed by atoms with Gasteiger partial charge in [0, 0.05) is 31.5 Å². The Morgan fingerprint density at radius 2 is 1.96 bits per heavy atom. The summed E-state index contributed by atoms with van der Waals surface area (Å²) in [4.78, 5) is 12.9. The van der Waals surface area contributed by atoms with Crippen LogP contribution in [0.2, 0.25) is 0 Å². The van der Waals surface area contributed by atoms with Gasteiger partial charge in [-0.25, -0.2) is 4.98 Å². The Balaban J connectivity index is 0.00000261. The third-order valence-corrected chi connectivity index (χ3v) is 4.06. The molecule has 7 heteroatoms. The van der Waals surface area contributed by atoms with Crippen LogP contribution in [-0.2, 0) is 13.0 Å². The molecule has 2 N–H and O–H groups in total. The summed E-state index contributed by atoms with van der Waals surface area (Å²) in [5.74, 6) is 1.36. The van der Waals surface area contributed by atoms with Crippen molar-refractivity contribution in [2.24, 2.45) is 4.99 Å². The maximum Gasteiger partial charge on any atom is 0.226 e. The summed E-state index contributed by atoms with van der Waals surface area (Å²) in [7, 11) is 1.76. The molecule has 0 unspecified atom stereocenters. The minimum Gasteiger partial charge on any atom is -0.444 e. The lowest BCUT2D eigenvalue weighted by molar-refractivity contribution is 0.572. The van der Waals surface area contributed by atoms with Crippen LogP contribution >= 0.6 is 24.0 Å². The van der Waals surface area contributed by atoms with E-state index in [-0.39, 0.29) is 24.0 Å². The molecule has 0 aliphatic carbocycles. The maximum absolute atomic E-state index is 5.55. The summed E-state index contributed by atoms with van der Waals surface area (Å²) in [6.45, 7) is 3.41. The Hall–Kier alpha value is -2.42. The number of aliphatic imine (C=N–C) groups is 1. The van der Waals surface area contributed by atoms with Gasteiger partial charge < -0.3 is 15.1 Å². The van der Waals surface area contributed by atoms with E-state index in [9.17, 15) is 0 Å². The SMILES string of the molecule is CN=C(NCCc1ccncc1C)NCc1coc(-c2ccccc2)n1.I. The van der Waals surface area contributed by atoms with Gasteiger partial charge in [-0.15, -0.1) is 24.0 Å². The highest BCUT2D eigenvalue weighted by Gasteiger charge is 2.07. The van der Waals surface area contributed by atoms with Crippen LogP contribution in [0.3, 0.4) is 0 Å². The van der Waals surface area contributed by atoms with E-state index in [4.69, 9.17) is 4.42 Å². The van der Waals surface area contributed by atoms with Gasteiger partial charge in [-0.2, -0.15) is 0 Å². The minimum atomic E-state index is 0. The molecule has 27 heavy (non-hydrogen) atoms. The highest BCUT2D eigenvalue weighted by molar-refractivity contribution is 14.0. The lowest BCUT2D eigenvalue weighted by Gasteiger charge is -2.11.